The summed E-state index contributed by atoms with van der Waals surface area (Å²) in [6.45, 7) is 24.2. The van der Waals surface area contributed by atoms with Gasteiger partial charge in [-0.3, -0.25) is 9.63 Å². The molecular formula is C33H53NO6Si. The molecule has 0 fully saturated rings. The smallest absolute Gasteiger partial charge is 0.462 e. The highest BCUT2D eigenvalue weighted by atomic mass is 28.4. The average Bonchev–Trinajstić information content (AvgIpc) is 2.87. The molecule has 0 aromatic heterocycles. The van der Waals surface area contributed by atoms with E-state index in [9.17, 15) is 4.79 Å². The van der Waals surface area contributed by atoms with Gasteiger partial charge in [0, 0.05) is 25.4 Å². The number of hydrogen-bond donors (Lipinski definition) is 0. The van der Waals surface area contributed by atoms with E-state index >= 15 is 0 Å². The van der Waals surface area contributed by atoms with Crippen molar-refractivity contribution < 1.29 is 27.6 Å². The number of benzene rings is 2. The summed E-state index contributed by atoms with van der Waals surface area (Å²) in [6, 6.07) is 14.3. The van der Waals surface area contributed by atoms with Crippen LogP contribution in [-0.2, 0) is 27.6 Å². The maximum absolute atomic E-state index is 13.2. The SMILES string of the molecule is CCO[Si](CC(=O)OCC(ON(C(c1c(C)cc(C)cc1C)C(C)C)C(C)(C)C)c1ccccc1)(OCC)OCC. The number of hydroxylamine groups is 2. The first-order valence-electron chi connectivity index (χ1n) is 14.9. The molecule has 0 spiro atoms. The lowest BCUT2D eigenvalue weighted by atomic mass is 9.86. The summed E-state index contributed by atoms with van der Waals surface area (Å²) in [5, 5.41) is 2.10. The lowest BCUT2D eigenvalue weighted by molar-refractivity contribution is -0.282. The van der Waals surface area contributed by atoms with Gasteiger partial charge < -0.3 is 18.0 Å². The fraction of sp³-hybridized carbons (Fsp3) is 0.606. The number of nitrogens with zero attached hydrogens (tertiary/aromatic N) is 1. The molecule has 2 aromatic carbocycles. The van der Waals surface area contributed by atoms with Gasteiger partial charge in [0.15, 0.2) is 0 Å². The molecule has 7 nitrogen and oxygen atoms in total. The summed E-state index contributed by atoms with van der Waals surface area (Å²) in [7, 11) is -3.19. The minimum atomic E-state index is -3.19. The number of carbonyl (C=O) groups is 1. The molecule has 0 heterocycles. The Morgan fingerprint density at radius 3 is 1.83 bits per heavy atom. The largest absolute Gasteiger partial charge is 0.512 e. The highest BCUT2D eigenvalue weighted by Gasteiger charge is 2.44. The number of rotatable bonds is 16. The van der Waals surface area contributed by atoms with Gasteiger partial charge >= 0.3 is 14.8 Å². The number of ether oxygens (including phenoxy) is 1. The van der Waals surface area contributed by atoms with Gasteiger partial charge in [-0.25, -0.2) is 0 Å². The van der Waals surface area contributed by atoms with Gasteiger partial charge in [0.05, 0.1) is 6.04 Å². The molecule has 2 rings (SSSR count). The van der Waals surface area contributed by atoms with Crippen molar-refractivity contribution in [2.24, 2.45) is 5.92 Å². The molecule has 2 atom stereocenters. The molecule has 41 heavy (non-hydrogen) atoms. The quantitative estimate of drug-likeness (QED) is 0.113. The van der Waals surface area contributed by atoms with E-state index in [2.05, 4.69) is 72.6 Å². The van der Waals surface area contributed by atoms with E-state index in [4.69, 9.17) is 22.9 Å². The Morgan fingerprint density at radius 2 is 1.39 bits per heavy atom. The molecule has 2 aromatic rings. The summed E-state index contributed by atoms with van der Waals surface area (Å²) >= 11 is 0. The maximum atomic E-state index is 13.2. The van der Waals surface area contributed by atoms with Crippen LogP contribution in [0.2, 0.25) is 6.04 Å². The van der Waals surface area contributed by atoms with Crippen molar-refractivity contribution in [2.45, 2.75) is 99.9 Å². The van der Waals surface area contributed by atoms with Crippen LogP contribution >= 0.6 is 0 Å². The highest BCUT2D eigenvalue weighted by molar-refractivity contribution is 6.64. The van der Waals surface area contributed by atoms with Crippen LogP contribution in [0.4, 0.5) is 0 Å². The summed E-state index contributed by atoms with van der Waals surface area (Å²) in [6.07, 6.45) is -0.519. The first-order chi connectivity index (χ1) is 19.3. The van der Waals surface area contributed by atoms with E-state index in [-0.39, 0.29) is 30.1 Å². The number of hydrogen-bond acceptors (Lipinski definition) is 7. The minimum absolute atomic E-state index is 0.0218. The van der Waals surface area contributed by atoms with Gasteiger partial charge in [-0.1, -0.05) is 61.9 Å². The third kappa shape index (κ3) is 10.0. The normalized spacial score (nSPS) is 14.0. The summed E-state index contributed by atoms with van der Waals surface area (Å²) < 4.78 is 23.5. The minimum Gasteiger partial charge on any atom is -0.462 e. The van der Waals surface area contributed by atoms with Crippen molar-refractivity contribution in [2.75, 3.05) is 26.4 Å². The number of aryl methyl sites for hydroxylation is 3. The Hall–Kier alpha value is -2.07. The first-order valence-corrected chi connectivity index (χ1v) is 16.9. The van der Waals surface area contributed by atoms with Crippen molar-refractivity contribution >= 4 is 14.8 Å². The molecule has 0 aliphatic rings. The molecule has 0 saturated heterocycles. The second-order valence-electron chi connectivity index (χ2n) is 11.8. The number of carbonyl (C=O) groups excluding carboxylic acids is 1. The lowest BCUT2D eigenvalue weighted by Crippen LogP contribution is -2.48. The van der Waals surface area contributed by atoms with Crippen LogP contribution in [-0.4, -0.2) is 51.8 Å². The van der Waals surface area contributed by atoms with E-state index in [1.807, 2.05) is 51.1 Å². The molecule has 2 unspecified atom stereocenters. The molecule has 0 saturated carbocycles. The van der Waals surface area contributed by atoms with Gasteiger partial charge in [0.1, 0.15) is 18.8 Å². The lowest BCUT2D eigenvalue weighted by Gasteiger charge is -2.45. The van der Waals surface area contributed by atoms with E-state index in [0.717, 1.165) is 5.56 Å². The predicted molar refractivity (Wildman–Crippen MR) is 166 cm³/mol. The molecule has 0 bridgehead atoms. The van der Waals surface area contributed by atoms with Crippen LogP contribution < -0.4 is 0 Å². The van der Waals surface area contributed by atoms with Crippen LogP contribution in [0.3, 0.4) is 0 Å². The van der Waals surface area contributed by atoms with E-state index in [1.165, 1.54) is 22.3 Å². The van der Waals surface area contributed by atoms with E-state index in [1.54, 1.807) is 0 Å². The van der Waals surface area contributed by atoms with Crippen LogP contribution in [0.15, 0.2) is 42.5 Å². The second-order valence-corrected chi connectivity index (χ2v) is 14.4. The topological polar surface area (TPSA) is 66.5 Å². The van der Waals surface area contributed by atoms with Crippen LogP contribution in [0.5, 0.6) is 0 Å². The molecule has 230 valence electrons. The van der Waals surface area contributed by atoms with Crippen molar-refractivity contribution in [3.63, 3.8) is 0 Å². The van der Waals surface area contributed by atoms with E-state index in [0.29, 0.717) is 19.8 Å². The van der Waals surface area contributed by atoms with Gasteiger partial charge in [0.25, 0.3) is 0 Å². The zero-order valence-electron chi connectivity index (χ0n) is 27.2. The Labute approximate surface area is 249 Å². The number of esters is 1. The molecule has 0 N–H and O–H groups in total. The van der Waals surface area contributed by atoms with Crippen LogP contribution in [0.25, 0.3) is 0 Å². The van der Waals surface area contributed by atoms with Crippen molar-refractivity contribution in [1.82, 2.24) is 5.06 Å². The van der Waals surface area contributed by atoms with Gasteiger partial charge in [-0.15, -0.1) is 0 Å². The Balaban J connectivity index is 2.43. The van der Waals surface area contributed by atoms with Crippen molar-refractivity contribution in [1.29, 1.82) is 0 Å². The molecule has 0 aliphatic heterocycles. The summed E-state index contributed by atoms with van der Waals surface area (Å²) in [5.74, 6) is -0.173. The first kappa shape index (κ1) is 35.1. The summed E-state index contributed by atoms with van der Waals surface area (Å²) in [4.78, 5) is 20.1. The average molecular weight is 588 g/mol. The Morgan fingerprint density at radius 1 is 0.878 bits per heavy atom. The molecule has 8 heteroatoms. The standard InChI is InChI=1S/C33H53NO6Si/c1-12-37-41(38-13-2,39-14-3)23-30(35)36-22-29(28-18-16-15-17-19-28)40-34(33(9,10)11)32(24(4)5)31-26(7)20-25(6)21-27(31)8/h15-21,24,29,32H,12-14,22-23H2,1-11H3. The third-order valence-corrected chi connectivity index (χ3v) is 9.75. The summed E-state index contributed by atoms with van der Waals surface area (Å²) in [5.41, 5.74) is 5.57. The Kier molecular flexibility index (Phi) is 13.7. The maximum Gasteiger partial charge on any atom is 0.512 e. The predicted octanol–water partition coefficient (Wildman–Crippen LogP) is 7.67. The second kappa shape index (κ2) is 16.0. The van der Waals surface area contributed by atoms with Crippen molar-refractivity contribution in [3.8, 4) is 0 Å². The molecule has 0 radical (unpaired) electrons. The van der Waals surface area contributed by atoms with Gasteiger partial charge in [0.2, 0.25) is 0 Å². The van der Waals surface area contributed by atoms with Crippen LogP contribution in [0, 0.1) is 26.7 Å². The van der Waals surface area contributed by atoms with Crippen LogP contribution in [0.1, 0.15) is 95.4 Å². The molecule has 0 aliphatic carbocycles. The van der Waals surface area contributed by atoms with Gasteiger partial charge in [-0.2, -0.15) is 5.06 Å². The zero-order valence-corrected chi connectivity index (χ0v) is 28.2. The third-order valence-electron chi connectivity index (χ3n) is 6.84. The van der Waals surface area contributed by atoms with Gasteiger partial charge in [-0.05, 0) is 90.5 Å². The zero-order chi connectivity index (χ0) is 30.8. The fourth-order valence-electron chi connectivity index (χ4n) is 5.35. The monoisotopic (exact) mass is 587 g/mol. The highest BCUT2D eigenvalue weighted by Crippen LogP contribution is 2.40. The van der Waals surface area contributed by atoms with Crippen molar-refractivity contribution in [3.05, 3.63) is 70.3 Å². The molecular weight excluding hydrogens is 534 g/mol. The fourth-order valence-corrected chi connectivity index (χ4v) is 7.68. The van der Waals surface area contributed by atoms with E-state index < -0.39 is 20.9 Å². The Bertz CT molecular complexity index is 1040. The molecule has 0 amide bonds.